The predicted octanol–water partition coefficient (Wildman–Crippen LogP) is 4.16. The summed E-state index contributed by atoms with van der Waals surface area (Å²) in [6, 6.07) is 1.70. The number of nitrogens with two attached hydrogens (primary N) is 1. The number of carbonyl (C=O) groups is 1. The lowest BCUT2D eigenvalue weighted by Crippen LogP contribution is -2.04. The van der Waals surface area contributed by atoms with Gasteiger partial charge in [-0.1, -0.05) is 39.0 Å². The van der Waals surface area contributed by atoms with Crippen molar-refractivity contribution in [2.45, 2.75) is 52.4 Å². The van der Waals surface area contributed by atoms with Crippen molar-refractivity contribution in [3.05, 3.63) is 15.8 Å². The van der Waals surface area contributed by atoms with Gasteiger partial charge in [-0.3, -0.25) is 0 Å². The molecule has 0 aliphatic rings. The summed E-state index contributed by atoms with van der Waals surface area (Å²) >= 11 is 1.40. The third-order valence-corrected chi connectivity index (χ3v) is 3.93. The Morgan fingerprint density at radius 3 is 2.56 bits per heavy atom. The summed E-state index contributed by atoms with van der Waals surface area (Å²) in [6.07, 6.45) is 7.16. The standard InChI is InChI=1S/C14H23NO2S/c1-3-4-5-6-7-8-9-17-14(16)13-10-12(15)11(2)18-13/h10H,3-9,15H2,1-2H3. The van der Waals surface area contributed by atoms with Gasteiger partial charge in [0.05, 0.1) is 6.61 Å². The second-order valence-corrected chi connectivity index (χ2v) is 5.78. The van der Waals surface area contributed by atoms with E-state index >= 15 is 0 Å². The van der Waals surface area contributed by atoms with Crippen molar-refractivity contribution in [1.29, 1.82) is 0 Å². The zero-order chi connectivity index (χ0) is 13.4. The highest BCUT2D eigenvalue weighted by molar-refractivity contribution is 7.14. The first kappa shape index (κ1) is 15.0. The molecule has 2 N–H and O–H groups in total. The molecule has 4 heteroatoms. The maximum atomic E-state index is 11.7. The quantitative estimate of drug-likeness (QED) is 0.569. The van der Waals surface area contributed by atoms with Crippen LogP contribution in [0.25, 0.3) is 0 Å². The first-order valence-electron chi connectivity index (χ1n) is 6.68. The maximum Gasteiger partial charge on any atom is 0.348 e. The van der Waals surface area contributed by atoms with E-state index in [9.17, 15) is 4.79 Å². The van der Waals surface area contributed by atoms with E-state index < -0.39 is 0 Å². The SMILES string of the molecule is CCCCCCCCOC(=O)c1cc(N)c(C)s1. The molecule has 0 bridgehead atoms. The monoisotopic (exact) mass is 269 g/mol. The van der Waals surface area contributed by atoms with Crippen LogP contribution in [0.2, 0.25) is 0 Å². The van der Waals surface area contributed by atoms with Gasteiger partial charge in [0.25, 0.3) is 0 Å². The molecule has 18 heavy (non-hydrogen) atoms. The molecule has 3 nitrogen and oxygen atoms in total. The van der Waals surface area contributed by atoms with E-state index in [1.807, 2.05) is 6.92 Å². The topological polar surface area (TPSA) is 52.3 Å². The number of hydrogen-bond donors (Lipinski definition) is 1. The number of nitrogen functional groups attached to an aromatic ring is 1. The lowest BCUT2D eigenvalue weighted by atomic mass is 10.1. The van der Waals surface area contributed by atoms with E-state index in [2.05, 4.69) is 6.92 Å². The third-order valence-electron chi connectivity index (χ3n) is 2.89. The van der Waals surface area contributed by atoms with Crippen LogP contribution in [0.1, 0.15) is 60.0 Å². The third kappa shape index (κ3) is 5.08. The molecule has 0 aliphatic heterocycles. The van der Waals surface area contributed by atoms with E-state index in [1.165, 1.54) is 37.0 Å². The van der Waals surface area contributed by atoms with Crippen LogP contribution in [0, 0.1) is 6.92 Å². The van der Waals surface area contributed by atoms with Gasteiger partial charge in [-0.25, -0.2) is 4.79 Å². The Morgan fingerprint density at radius 2 is 1.94 bits per heavy atom. The maximum absolute atomic E-state index is 11.7. The molecule has 0 atom stereocenters. The number of aryl methyl sites for hydroxylation is 1. The highest BCUT2D eigenvalue weighted by atomic mass is 32.1. The van der Waals surface area contributed by atoms with Crippen molar-refractivity contribution in [3.8, 4) is 0 Å². The molecular weight excluding hydrogens is 246 g/mol. The number of thiophene rings is 1. The first-order chi connectivity index (χ1) is 8.65. The summed E-state index contributed by atoms with van der Waals surface area (Å²) in [5, 5.41) is 0. The Kier molecular flexibility index (Phi) is 6.80. The lowest BCUT2D eigenvalue weighted by Gasteiger charge is -2.03. The van der Waals surface area contributed by atoms with Gasteiger partial charge in [-0.15, -0.1) is 11.3 Å². The highest BCUT2D eigenvalue weighted by Crippen LogP contribution is 2.24. The molecule has 1 rings (SSSR count). The van der Waals surface area contributed by atoms with Gasteiger partial charge in [0, 0.05) is 10.6 Å². The van der Waals surface area contributed by atoms with Crippen molar-refractivity contribution < 1.29 is 9.53 Å². The molecule has 0 aromatic carbocycles. The lowest BCUT2D eigenvalue weighted by molar-refractivity contribution is 0.0503. The van der Waals surface area contributed by atoms with Crippen molar-refractivity contribution in [2.24, 2.45) is 0 Å². The molecule has 1 aromatic heterocycles. The van der Waals surface area contributed by atoms with Crippen LogP contribution in [0.3, 0.4) is 0 Å². The zero-order valence-corrected chi connectivity index (χ0v) is 12.1. The minimum absolute atomic E-state index is 0.242. The Bertz CT molecular complexity index is 354. The van der Waals surface area contributed by atoms with Gasteiger partial charge in [-0.05, 0) is 19.4 Å². The average Bonchev–Trinajstić information content (AvgIpc) is 2.68. The second kappa shape index (κ2) is 8.14. The number of hydrogen-bond acceptors (Lipinski definition) is 4. The van der Waals surface area contributed by atoms with Crippen LogP contribution in [-0.2, 0) is 4.74 Å². The molecule has 0 aliphatic carbocycles. The van der Waals surface area contributed by atoms with Crippen LogP contribution in [-0.4, -0.2) is 12.6 Å². The molecule has 0 amide bonds. The van der Waals surface area contributed by atoms with Gasteiger partial charge in [-0.2, -0.15) is 0 Å². The molecule has 0 saturated carbocycles. The summed E-state index contributed by atoms with van der Waals surface area (Å²) < 4.78 is 5.22. The summed E-state index contributed by atoms with van der Waals surface area (Å²) in [4.78, 5) is 13.3. The molecule has 0 fully saturated rings. The summed E-state index contributed by atoms with van der Waals surface area (Å²) in [7, 11) is 0. The molecular formula is C14H23NO2S. The van der Waals surface area contributed by atoms with Crippen molar-refractivity contribution in [1.82, 2.24) is 0 Å². The fourth-order valence-electron chi connectivity index (χ4n) is 1.72. The van der Waals surface area contributed by atoms with Crippen LogP contribution < -0.4 is 5.73 Å². The second-order valence-electron chi connectivity index (χ2n) is 4.53. The Labute approximate surface area is 113 Å². The molecule has 0 spiro atoms. The van der Waals surface area contributed by atoms with E-state index in [0.29, 0.717) is 17.2 Å². The van der Waals surface area contributed by atoms with Gasteiger partial charge >= 0.3 is 5.97 Å². The minimum Gasteiger partial charge on any atom is -0.462 e. The van der Waals surface area contributed by atoms with Gasteiger partial charge < -0.3 is 10.5 Å². The van der Waals surface area contributed by atoms with E-state index in [1.54, 1.807) is 6.07 Å². The van der Waals surface area contributed by atoms with Crippen molar-refractivity contribution in [3.63, 3.8) is 0 Å². The van der Waals surface area contributed by atoms with Crippen molar-refractivity contribution >= 4 is 23.0 Å². The van der Waals surface area contributed by atoms with Gasteiger partial charge in [0.15, 0.2) is 0 Å². The molecule has 1 aromatic rings. The Hall–Kier alpha value is -1.03. The van der Waals surface area contributed by atoms with Gasteiger partial charge in [0.1, 0.15) is 4.88 Å². The Morgan fingerprint density at radius 1 is 1.28 bits per heavy atom. The summed E-state index contributed by atoms with van der Waals surface area (Å²) in [6.45, 7) is 4.63. The fraction of sp³-hybridized carbons (Fsp3) is 0.643. The number of ether oxygens (including phenoxy) is 1. The van der Waals surface area contributed by atoms with E-state index in [0.717, 1.165) is 17.7 Å². The number of rotatable bonds is 8. The van der Waals surface area contributed by atoms with Gasteiger partial charge in [0.2, 0.25) is 0 Å². The molecule has 0 saturated heterocycles. The summed E-state index contributed by atoms with van der Waals surface area (Å²) in [5.41, 5.74) is 6.38. The van der Waals surface area contributed by atoms with Crippen molar-refractivity contribution in [2.75, 3.05) is 12.3 Å². The Balaban J connectivity index is 2.14. The van der Waals surface area contributed by atoms with Crippen LogP contribution in [0.4, 0.5) is 5.69 Å². The fourth-order valence-corrected chi connectivity index (χ4v) is 2.55. The molecule has 1 heterocycles. The minimum atomic E-state index is -0.242. The van der Waals surface area contributed by atoms with Crippen LogP contribution in [0.15, 0.2) is 6.07 Å². The smallest absolute Gasteiger partial charge is 0.348 e. The predicted molar refractivity (Wildman–Crippen MR) is 77.1 cm³/mol. The normalized spacial score (nSPS) is 10.6. The number of anilines is 1. The number of carbonyl (C=O) groups excluding carboxylic acids is 1. The molecule has 0 radical (unpaired) electrons. The first-order valence-corrected chi connectivity index (χ1v) is 7.49. The van der Waals surface area contributed by atoms with E-state index in [4.69, 9.17) is 10.5 Å². The average molecular weight is 269 g/mol. The van der Waals surface area contributed by atoms with Crippen LogP contribution in [0.5, 0.6) is 0 Å². The van der Waals surface area contributed by atoms with Crippen LogP contribution >= 0.6 is 11.3 Å². The molecule has 102 valence electrons. The number of esters is 1. The molecule has 0 unspecified atom stereocenters. The van der Waals surface area contributed by atoms with E-state index in [-0.39, 0.29) is 5.97 Å². The largest absolute Gasteiger partial charge is 0.462 e. The summed E-state index contributed by atoms with van der Waals surface area (Å²) in [5.74, 6) is -0.242. The highest BCUT2D eigenvalue weighted by Gasteiger charge is 2.11. The zero-order valence-electron chi connectivity index (χ0n) is 11.3. The number of unbranched alkanes of at least 4 members (excludes halogenated alkanes) is 5.